The van der Waals surface area contributed by atoms with Crippen LogP contribution >= 0.6 is 0 Å². The Hall–Kier alpha value is -1.72. The molecule has 1 heterocycles. The monoisotopic (exact) mass is 314 g/mol. The van der Waals surface area contributed by atoms with Gasteiger partial charge >= 0.3 is 12.1 Å². The lowest BCUT2D eigenvalue weighted by molar-refractivity contribution is -0.173. The summed E-state index contributed by atoms with van der Waals surface area (Å²) in [5, 5.41) is 1.92. The second-order valence-electron chi connectivity index (χ2n) is 5.75. The Labute approximate surface area is 128 Å². The molecule has 2 rings (SSSR count). The lowest BCUT2D eigenvalue weighted by Crippen LogP contribution is -2.38. The molecule has 0 radical (unpaired) electrons. The van der Waals surface area contributed by atoms with Crippen LogP contribution in [0.5, 0.6) is 0 Å². The van der Waals surface area contributed by atoms with Gasteiger partial charge in [0.15, 0.2) is 0 Å². The van der Waals surface area contributed by atoms with Gasteiger partial charge in [-0.2, -0.15) is 13.2 Å². The third-order valence-electron chi connectivity index (χ3n) is 4.01. The van der Waals surface area contributed by atoms with Crippen molar-refractivity contribution in [1.29, 1.82) is 0 Å². The van der Waals surface area contributed by atoms with Gasteiger partial charge in [0.25, 0.3) is 0 Å². The Bertz CT molecular complexity index is 493. The minimum atomic E-state index is -4.82. The summed E-state index contributed by atoms with van der Waals surface area (Å²) in [6, 6.07) is 7.86. The normalized spacial score (nSPS) is 17.2. The highest BCUT2D eigenvalue weighted by atomic mass is 19.4. The molecule has 1 aliphatic rings. The maximum atomic E-state index is 12.1. The standard InChI is InChI=1S/C16H21F3N2O/c1-12(11-20-15(22)16(17,18)19)13-5-7-14(8-6-13)21-9-3-2-4-10-21/h5-8,12H,2-4,9-11H2,1H3,(H,20,22)/t12-/m1/s1. The first-order valence-electron chi connectivity index (χ1n) is 7.58. The summed E-state index contributed by atoms with van der Waals surface area (Å²) in [6.07, 6.45) is -1.16. The molecule has 6 heteroatoms. The zero-order chi connectivity index (χ0) is 16.2. The van der Waals surface area contributed by atoms with Gasteiger partial charge in [-0.25, -0.2) is 0 Å². The number of carbonyl (C=O) groups is 1. The van der Waals surface area contributed by atoms with Gasteiger partial charge in [-0.05, 0) is 42.9 Å². The maximum Gasteiger partial charge on any atom is 0.471 e. The first kappa shape index (κ1) is 16.6. The second-order valence-corrected chi connectivity index (χ2v) is 5.75. The third-order valence-corrected chi connectivity index (χ3v) is 4.01. The van der Waals surface area contributed by atoms with Gasteiger partial charge in [0, 0.05) is 25.3 Å². The van der Waals surface area contributed by atoms with E-state index in [-0.39, 0.29) is 12.5 Å². The molecule has 0 aliphatic carbocycles. The van der Waals surface area contributed by atoms with Crippen molar-refractivity contribution >= 4 is 11.6 Å². The Morgan fingerprint density at radius 1 is 1.18 bits per heavy atom. The van der Waals surface area contributed by atoms with Gasteiger partial charge in [-0.1, -0.05) is 19.1 Å². The molecule has 122 valence electrons. The molecule has 0 bridgehead atoms. The molecule has 0 spiro atoms. The number of hydrogen-bond donors (Lipinski definition) is 1. The van der Waals surface area contributed by atoms with E-state index in [1.807, 2.05) is 29.6 Å². The topological polar surface area (TPSA) is 32.3 Å². The Morgan fingerprint density at radius 2 is 1.77 bits per heavy atom. The number of rotatable bonds is 4. The van der Waals surface area contributed by atoms with E-state index in [9.17, 15) is 18.0 Å². The number of amides is 1. The van der Waals surface area contributed by atoms with Crippen LogP contribution in [0.15, 0.2) is 24.3 Å². The maximum absolute atomic E-state index is 12.1. The molecule has 3 nitrogen and oxygen atoms in total. The van der Waals surface area contributed by atoms with E-state index in [4.69, 9.17) is 0 Å². The Balaban J connectivity index is 1.90. The van der Waals surface area contributed by atoms with Crippen molar-refractivity contribution in [3.05, 3.63) is 29.8 Å². The fourth-order valence-corrected chi connectivity index (χ4v) is 2.63. The smallest absolute Gasteiger partial charge is 0.372 e. The first-order chi connectivity index (χ1) is 10.4. The van der Waals surface area contributed by atoms with Gasteiger partial charge in [0.1, 0.15) is 0 Å². The van der Waals surface area contributed by atoms with Gasteiger partial charge in [0.05, 0.1) is 0 Å². The molecule has 1 aromatic carbocycles. The molecule has 0 saturated carbocycles. The van der Waals surface area contributed by atoms with Crippen molar-refractivity contribution in [2.75, 3.05) is 24.5 Å². The third kappa shape index (κ3) is 4.39. The van der Waals surface area contributed by atoms with Crippen molar-refractivity contribution < 1.29 is 18.0 Å². The van der Waals surface area contributed by atoms with Crippen molar-refractivity contribution in [3.8, 4) is 0 Å². The lowest BCUT2D eigenvalue weighted by atomic mass is 10.0. The lowest BCUT2D eigenvalue weighted by Gasteiger charge is -2.29. The van der Waals surface area contributed by atoms with E-state index < -0.39 is 12.1 Å². The quantitative estimate of drug-likeness (QED) is 0.923. The fraction of sp³-hybridized carbons (Fsp3) is 0.562. The van der Waals surface area contributed by atoms with Crippen molar-refractivity contribution in [1.82, 2.24) is 5.32 Å². The molecule has 1 atom stereocenters. The molecule has 1 saturated heterocycles. The number of alkyl halides is 3. The second kappa shape index (κ2) is 7.03. The molecule has 1 aliphatic heterocycles. The number of piperidine rings is 1. The Kier molecular flexibility index (Phi) is 5.32. The van der Waals surface area contributed by atoms with E-state index >= 15 is 0 Å². The Morgan fingerprint density at radius 3 is 2.32 bits per heavy atom. The molecule has 1 fully saturated rings. The molecule has 1 N–H and O–H groups in total. The van der Waals surface area contributed by atoms with Crippen molar-refractivity contribution in [2.45, 2.75) is 38.3 Å². The molecule has 0 unspecified atom stereocenters. The van der Waals surface area contributed by atoms with E-state index in [1.165, 1.54) is 19.3 Å². The van der Waals surface area contributed by atoms with Crippen LogP contribution in [0.3, 0.4) is 0 Å². The molecular formula is C16H21F3N2O. The number of benzene rings is 1. The molecule has 0 aromatic heterocycles. The number of carbonyl (C=O) groups excluding carboxylic acids is 1. The molecule has 1 aromatic rings. The zero-order valence-corrected chi connectivity index (χ0v) is 12.6. The number of nitrogens with one attached hydrogen (secondary N) is 1. The average Bonchev–Trinajstić information content (AvgIpc) is 2.52. The predicted octanol–water partition coefficient (Wildman–Crippen LogP) is 3.46. The van der Waals surface area contributed by atoms with Crippen LogP contribution in [0.25, 0.3) is 0 Å². The van der Waals surface area contributed by atoms with Crippen LogP contribution in [0.2, 0.25) is 0 Å². The summed E-state index contributed by atoms with van der Waals surface area (Å²) in [5.41, 5.74) is 2.07. The van der Waals surface area contributed by atoms with Crippen LogP contribution in [-0.4, -0.2) is 31.7 Å². The van der Waals surface area contributed by atoms with Crippen LogP contribution in [0.1, 0.15) is 37.7 Å². The summed E-state index contributed by atoms with van der Waals surface area (Å²) >= 11 is 0. The minimum Gasteiger partial charge on any atom is -0.372 e. The molecular weight excluding hydrogens is 293 g/mol. The average molecular weight is 314 g/mol. The number of nitrogens with zero attached hydrogens (tertiary/aromatic N) is 1. The van der Waals surface area contributed by atoms with Gasteiger partial charge in [-0.3, -0.25) is 4.79 Å². The van der Waals surface area contributed by atoms with Gasteiger partial charge in [-0.15, -0.1) is 0 Å². The fourth-order valence-electron chi connectivity index (χ4n) is 2.63. The van der Waals surface area contributed by atoms with Crippen LogP contribution in [0.4, 0.5) is 18.9 Å². The van der Waals surface area contributed by atoms with Crippen molar-refractivity contribution in [2.24, 2.45) is 0 Å². The number of hydrogen-bond acceptors (Lipinski definition) is 2. The first-order valence-corrected chi connectivity index (χ1v) is 7.58. The molecule has 1 amide bonds. The number of anilines is 1. The highest BCUT2D eigenvalue weighted by Gasteiger charge is 2.38. The van der Waals surface area contributed by atoms with E-state index in [0.29, 0.717) is 0 Å². The highest BCUT2D eigenvalue weighted by Crippen LogP contribution is 2.23. The SMILES string of the molecule is C[C@H](CNC(=O)C(F)(F)F)c1ccc(N2CCCCC2)cc1. The number of halogens is 3. The minimum absolute atomic E-state index is 0.0264. The van der Waals surface area contributed by atoms with Crippen LogP contribution in [0, 0.1) is 0 Å². The summed E-state index contributed by atoms with van der Waals surface area (Å²) in [7, 11) is 0. The molecule has 22 heavy (non-hydrogen) atoms. The summed E-state index contributed by atoms with van der Waals surface area (Å²) in [4.78, 5) is 13.1. The summed E-state index contributed by atoms with van der Waals surface area (Å²) in [5.74, 6) is -2.05. The summed E-state index contributed by atoms with van der Waals surface area (Å²) < 4.78 is 36.4. The highest BCUT2D eigenvalue weighted by molar-refractivity contribution is 5.81. The largest absolute Gasteiger partial charge is 0.471 e. The van der Waals surface area contributed by atoms with Gasteiger partial charge < -0.3 is 10.2 Å². The van der Waals surface area contributed by atoms with E-state index in [0.717, 1.165) is 24.3 Å². The zero-order valence-electron chi connectivity index (χ0n) is 12.6. The summed E-state index contributed by atoms with van der Waals surface area (Å²) in [6.45, 7) is 3.88. The van der Waals surface area contributed by atoms with Gasteiger partial charge in [0.2, 0.25) is 0 Å². The van der Waals surface area contributed by atoms with E-state index in [2.05, 4.69) is 4.90 Å². The van der Waals surface area contributed by atoms with Crippen molar-refractivity contribution in [3.63, 3.8) is 0 Å². The van der Waals surface area contributed by atoms with Crippen LogP contribution in [-0.2, 0) is 4.79 Å². The van der Waals surface area contributed by atoms with E-state index in [1.54, 1.807) is 6.92 Å². The van der Waals surface area contributed by atoms with Crippen LogP contribution < -0.4 is 10.2 Å². The predicted molar refractivity (Wildman–Crippen MR) is 80.0 cm³/mol.